The molecule has 0 saturated heterocycles. The molecular formula is C34H60O2. The third-order valence-electron chi connectivity index (χ3n) is 7.02. The number of hydrogen-bond donors (Lipinski definition) is 0. The van der Waals surface area contributed by atoms with E-state index in [-0.39, 0.29) is 11.7 Å². The van der Waals surface area contributed by atoms with E-state index in [1.807, 2.05) is 0 Å². The van der Waals surface area contributed by atoms with Crippen LogP contribution in [0, 0.1) is 5.92 Å². The van der Waals surface area contributed by atoms with E-state index < -0.39 is 0 Å². The average Bonchev–Trinajstić information content (AvgIpc) is 2.89. The van der Waals surface area contributed by atoms with E-state index in [0.29, 0.717) is 6.42 Å². The summed E-state index contributed by atoms with van der Waals surface area (Å²) in [5, 5.41) is 0. The third-order valence-corrected chi connectivity index (χ3v) is 7.02. The number of aldehydes is 1. The van der Waals surface area contributed by atoms with Crippen molar-refractivity contribution in [1.29, 1.82) is 0 Å². The fourth-order valence-corrected chi connectivity index (χ4v) is 4.61. The number of Topliss-reactive ketones (excluding diaryl/α,β-unsaturated/α-hetero) is 1. The van der Waals surface area contributed by atoms with Gasteiger partial charge in [0.2, 0.25) is 0 Å². The monoisotopic (exact) mass is 500 g/mol. The molecule has 0 fully saturated rings. The first kappa shape index (κ1) is 34.6. The van der Waals surface area contributed by atoms with Crippen LogP contribution in [0.3, 0.4) is 0 Å². The quantitative estimate of drug-likeness (QED) is 0.0463. The van der Waals surface area contributed by atoms with Gasteiger partial charge in [-0.25, -0.2) is 0 Å². The first-order valence-electron chi connectivity index (χ1n) is 15.7. The molecule has 208 valence electrons. The van der Waals surface area contributed by atoms with Crippen LogP contribution in [0.1, 0.15) is 162 Å². The molecule has 0 rings (SSSR count). The van der Waals surface area contributed by atoms with Gasteiger partial charge in [-0.15, -0.1) is 0 Å². The van der Waals surface area contributed by atoms with E-state index in [1.54, 1.807) is 0 Å². The molecule has 0 aliphatic rings. The van der Waals surface area contributed by atoms with E-state index in [1.165, 1.54) is 83.5 Å². The molecule has 0 saturated carbocycles. The molecule has 0 aromatic heterocycles. The van der Waals surface area contributed by atoms with Crippen molar-refractivity contribution in [2.45, 2.75) is 162 Å². The number of unbranched alkanes of at least 4 members (excludes halogenated alkanes) is 16. The summed E-state index contributed by atoms with van der Waals surface area (Å²) in [4.78, 5) is 23.8. The van der Waals surface area contributed by atoms with Gasteiger partial charge in [0, 0.05) is 6.42 Å². The molecule has 0 amide bonds. The highest BCUT2D eigenvalue weighted by Crippen LogP contribution is 2.16. The maximum atomic E-state index is 12.4. The van der Waals surface area contributed by atoms with E-state index in [9.17, 15) is 9.59 Å². The maximum absolute atomic E-state index is 12.4. The molecule has 0 spiro atoms. The summed E-state index contributed by atoms with van der Waals surface area (Å²) >= 11 is 0. The molecule has 0 heterocycles. The van der Waals surface area contributed by atoms with Crippen molar-refractivity contribution in [3.8, 4) is 0 Å². The summed E-state index contributed by atoms with van der Waals surface area (Å²) in [6.45, 7) is 4.43. The Hall–Kier alpha value is -1.44. The Balaban J connectivity index is 3.54. The minimum absolute atomic E-state index is 0.175. The number of rotatable bonds is 28. The molecule has 36 heavy (non-hydrogen) atoms. The molecule has 0 aliphatic carbocycles. The lowest BCUT2D eigenvalue weighted by atomic mass is 9.94. The Morgan fingerprint density at radius 1 is 0.556 bits per heavy atom. The predicted octanol–water partition coefficient (Wildman–Crippen LogP) is 11.1. The minimum atomic E-state index is -0.360. The van der Waals surface area contributed by atoms with Crippen molar-refractivity contribution < 1.29 is 9.59 Å². The molecule has 0 radical (unpaired) electrons. The highest BCUT2D eigenvalue weighted by atomic mass is 16.1. The lowest BCUT2D eigenvalue weighted by Gasteiger charge is -2.09. The van der Waals surface area contributed by atoms with Gasteiger partial charge in [-0.2, -0.15) is 0 Å². The maximum Gasteiger partial charge on any atom is 0.143 e. The van der Waals surface area contributed by atoms with Gasteiger partial charge in [-0.05, 0) is 44.9 Å². The smallest absolute Gasteiger partial charge is 0.143 e. The van der Waals surface area contributed by atoms with Crippen LogP contribution in [0.2, 0.25) is 0 Å². The molecule has 2 heteroatoms. The molecule has 0 N–H and O–H groups in total. The predicted molar refractivity (Wildman–Crippen MR) is 160 cm³/mol. The summed E-state index contributed by atoms with van der Waals surface area (Å²) < 4.78 is 0. The van der Waals surface area contributed by atoms with E-state index >= 15 is 0 Å². The zero-order valence-corrected chi connectivity index (χ0v) is 24.2. The van der Waals surface area contributed by atoms with Crippen LogP contribution < -0.4 is 0 Å². The molecule has 0 aromatic carbocycles. The first-order valence-corrected chi connectivity index (χ1v) is 15.7. The van der Waals surface area contributed by atoms with E-state index in [2.05, 4.69) is 50.3 Å². The van der Waals surface area contributed by atoms with Gasteiger partial charge in [0.15, 0.2) is 0 Å². The fourth-order valence-electron chi connectivity index (χ4n) is 4.61. The zero-order chi connectivity index (χ0) is 26.4. The topological polar surface area (TPSA) is 34.1 Å². The van der Waals surface area contributed by atoms with Gasteiger partial charge in [0.1, 0.15) is 12.1 Å². The van der Waals surface area contributed by atoms with E-state index in [0.717, 1.165) is 64.1 Å². The highest BCUT2D eigenvalue weighted by Gasteiger charge is 2.16. The van der Waals surface area contributed by atoms with Crippen molar-refractivity contribution in [2.75, 3.05) is 0 Å². The third kappa shape index (κ3) is 25.6. The zero-order valence-electron chi connectivity index (χ0n) is 24.2. The summed E-state index contributed by atoms with van der Waals surface area (Å²) in [6, 6.07) is 0. The SMILES string of the molecule is CC/C=C\C/C=C\C/C=C\CCCCCCC(C=O)C(=O)CCCCCCCCCCCCCCC. The summed E-state index contributed by atoms with van der Waals surface area (Å²) in [7, 11) is 0. The van der Waals surface area contributed by atoms with Gasteiger partial charge in [0.25, 0.3) is 0 Å². The van der Waals surface area contributed by atoms with Gasteiger partial charge in [-0.1, -0.05) is 147 Å². The Morgan fingerprint density at radius 3 is 1.58 bits per heavy atom. The van der Waals surface area contributed by atoms with Crippen molar-refractivity contribution in [3.05, 3.63) is 36.5 Å². The Morgan fingerprint density at radius 2 is 1.03 bits per heavy atom. The van der Waals surface area contributed by atoms with Crippen molar-refractivity contribution in [1.82, 2.24) is 0 Å². The molecular weight excluding hydrogens is 440 g/mol. The molecule has 1 unspecified atom stereocenters. The van der Waals surface area contributed by atoms with Crippen LogP contribution in [0.4, 0.5) is 0 Å². The summed E-state index contributed by atoms with van der Waals surface area (Å²) in [6.07, 6.45) is 41.5. The standard InChI is InChI=1S/C34H60O2/c1-3-5-7-9-11-13-15-17-19-20-22-24-26-28-30-33(32-35)34(36)31-29-27-25-23-21-18-16-14-12-10-8-6-4-2/h5,7,11,13,17,19,32-33H,3-4,6,8-10,12,14-16,18,20-31H2,1-2H3/b7-5-,13-11-,19-17-. The molecule has 0 aliphatic heterocycles. The average molecular weight is 501 g/mol. The van der Waals surface area contributed by atoms with Crippen LogP contribution in [0.15, 0.2) is 36.5 Å². The minimum Gasteiger partial charge on any atom is -0.303 e. The Kier molecular flexibility index (Phi) is 28.6. The van der Waals surface area contributed by atoms with Crippen molar-refractivity contribution in [2.24, 2.45) is 5.92 Å². The highest BCUT2D eigenvalue weighted by molar-refractivity contribution is 5.93. The van der Waals surface area contributed by atoms with Gasteiger partial charge in [0.05, 0.1) is 5.92 Å². The number of ketones is 1. The number of carbonyl (C=O) groups excluding carboxylic acids is 2. The van der Waals surface area contributed by atoms with Crippen LogP contribution in [-0.4, -0.2) is 12.1 Å². The lowest BCUT2D eigenvalue weighted by molar-refractivity contribution is -0.127. The molecule has 0 bridgehead atoms. The van der Waals surface area contributed by atoms with Crippen LogP contribution in [0.25, 0.3) is 0 Å². The normalized spacial score (nSPS) is 12.8. The number of carbonyl (C=O) groups is 2. The van der Waals surface area contributed by atoms with Crippen molar-refractivity contribution in [3.63, 3.8) is 0 Å². The molecule has 1 atom stereocenters. The second-order valence-electron chi connectivity index (χ2n) is 10.5. The number of hydrogen-bond acceptors (Lipinski definition) is 2. The first-order chi connectivity index (χ1) is 17.8. The summed E-state index contributed by atoms with van der Waals surface area (Å²) in [5.74, 6) is -0.185. The van der Waals surface area contributed by atoms with Crippen LogP contribution >= 0.6 is 0 Å². The largest absolute Gasteiger partial charge is 0.303 e. The fraction of sp³-hybridized carbons (Fsp3) is 0.765. The van der Waals surface area contributed by atoms with Gasteiger partial charge < -0.3 is 4.79 Å². The van der Waals surface area contributed by atoms with Crippen molar-refractivity contribution >= 4 is 12.1 Å². The Bertz CT molecular complexity index is 558. The molecule has 2 nitrogen and oxygen atoms in total. The summed E-state index contributed by atoms with van der Waals surface area (Å²) in [5.41, 5.74) is 0. The second-order valence-corrected chi connectivity index (χ2v) is 10.5. The van der Waals surface area contributed by atoms with Gasteiger partial charge >= 0.3 is 0 Å². The number of allylic oxidation sites excluding steroid dienone is 6. The van der Waals surface area contributed by atoms with E-state index in [4.69, 9.17) is 0 Å². The Labute approximate surface area is 225 Å². The van der Waals surface area contributed by atoms with Crippen LogP contribution in [-0.2, 0) is 9.59 Å². The second kappa shape index (κ2) is 29.8. The van der Waals surface area contributed by atoms with Gasteiger partial charge in [-0.3, -0.25) is 4.79 Å². The lowest BCUT2D eigenvalue weighted by Crippen LogP contribution is -2.15. The molecule has 0 aromatic rings. The van der Waals surface area contributed by atoms with Crippen LogP contribution in [0.5, 0.6) is 0 Å².